The van der Waals surface area contributed by atoms with Gasteiger partial charge in [0.25, 0.3) is 0 Å². The van der Waals surface area contributed by atoms with Gasteiger partial charge in [0.15, 0.2) is 0 Å². The first kappa shape index (κ1) is 7.86. The van der Waals surface area contributed by atoms with E-state index < -0.39 is 0 Å². The summed E-state index contributed by atoms with van der Waals surface area (Å²) in [4.78, 5) is 4.01. The normalized spacial score (nSPS) is 10.2. The topological polar surface area (TPSA) is 45.2 Å². The van der Waals surface area contributed by atoms with Gasteiger partial charge in [-0.25, -0.2) is 0 Å². The van der Waals surface area contributed by atoms with Gasteiger partial charge in [-0.1, -0.05) is 0 Å². The molecule has 0 spiro atoms. The molecule has 0 aliphatic carbocycles. The van der Waals surface area contributed by atoms with Crippen molar-refractivity contribution in [2.24, 2.45) is 0 Å². The van der Waals surface area contributed by atoms with Crippen LogP contribution in [0.15, 0.2) is 30.6 Å². The lowest BCUT2D eigenvalue weighted by molar-refractivity contribution is 0.478. The lowest BCUT2D eigenvalue weighted by Gasteiger charge is -2.05. The molecule has 1 aromatic heterocycles. The number of fused-ring (bicyclic) bond motifs is 1. The van der Waals surface area contributed by atoms with Crippen molar-refractivity contribution < 1.29 is 5.11 Å². The van der Waals surface area contributed by atoms with E-state index in [2.05, 4.69) is 10.3 Å². The Bertz CT molecular complexity index is 440. The number of hydrogen-bond donors (Lipinski definition) is 2. The number of aromatic hydroxyl groups is 1. The summed E-state index contributed by atoms with van der Waals surface area (Å²) in [7, 11) is 1.78. The predicted molar refractivity (Wildman–Crippen MR) is 53.0 cm³/mol. The zero-order valence-electron chi connectivity index (χ0n) is 7.28. The van der Waals surface area contributed by atoms with Gasteiger partial charge in [-0.2, -0.15) is 0 Å². The van der Waals surface area contributed by atoms with Gasteiger partial charge < -0.3 is 10.4 Å². The Morgan fingerprint density at radius 3 is 2.92 bits per heavy atom. The fourth-order valence-corrected chi connectivity index (χ4v) is 1.32. The van der Waals surface area contributed by atoms with Gasteiger partial charge in [0.2, 0.25) is 0 Å². The van der Waals surface area contributed by atoms with Gasteiger partial charge in [-0.05, 0) is 23.6 Å². The fraction of sp³-hybridized carbons (Fsp3) is 0.100. The van der Waals surface area contributed by atoms with Crippen LogP contribution in [0.25, 0.3) is 10.8 Å². The van der Waals surface area contributed by atoms with Gasteiger partial charge in [-0.15, -0.1) is 0 Å². The van der Waals surface area contributed by atoms with E-state index in [9.17, 15) is 5.11 Å². The Balaban J connectivity index is 2.74. The van der Waals surface area contributed by atoms with Crippen LogP contribution in [0.1, 0.15) is 0 Å². The molecule has 0 amide bonds. The summed E-state index contributed by atoms with van der Waals surface area (Å²) in [5.74, 6) is 0.265. The zero-order valence-corrected chi connectivity index (χ0v) is 7.28. The first-order valence-corrected chi connectivity index (χ1v) is 4.06. The maximum atomic E-state index is 9.53. The average molecular weight is 174 g/mol. The third-order valence-electron chi connectivity index (χ3n) is 2.02. The lowest BCUT2D eigenvalue weighted by atomic mass is 10.1. The smallest absolute Gasteiger partial charge is 0.139 e. The summed E-state index contributed by atoms with van der Waals surface area (Å²) >= 11 is 0. The number of benzene rings is 1. The highest BCUT2D eigenvalue weighted by Crippen LogP contribution is 2.27. The molecule has 0 saturated carbocycles. The van der Waals surface area contributed by atoms with E-state index in [4.69, 9.17) is 0 Å². The Kier molecular flexibility index (Phi) is 1.77. The number of phenols is 1. The molecule has 1 aromatic carbocycles. The molecule has 3 heteroatoms. The summed E-state index contributed by atoms with van der Waals surface area (Å²) in [6.45, 7) is 0. The van der Waals surface area contributed by atoms with Crippen LogP contribution in [0.2, 0.25) is 0 Å². The number of hydrogen-bond acceptors (Lipinski definition) is 3. The molecule has 2 aromatic rings. The third kappa shape index (κ3) is 1.28. The Morgan fingerprint density at radius 2 is 2.15 bits per heavy atom. The molecule has 1 heterocycles. The minimum absolute atomic E-state index is 0.265. The molecule has 2 N–H and O–H groups in total. The Labute approximate surface area is 76.0 Å². The summed E-state index contributed by atoms with van der Waals surface area (Å²) in [6, 6.07) is 5.47. The largest absolute Gasteiger partial charge is 0.506 e. The second-order valence-corrected chi connectivity index (χ2v) is 2.84. The maximum Gasteiger partial charge on any atom is 0.139 e. The van der Waals surface area contributed by atoms with E-state index in [0.29, 0.717) is 0 Å². The van der Waals surface area contributed by atoms with Crippen LogP contribution in [-0.2, 0) is 0 Å². The van der Waals surface area contributed by atoms with Gasteiger partial charge >= 0.3 is 0 Å². The molecule has 0 aliphatic rings. The first-order valence-electron chi connectivity index (χ1n) is 4.06. The minimum Gasteiger partial charge on any atom is -0.506 e. The SMILES string of the molecule is CNc1cc2cnccc2cc1O. The zero-order chi connectivity index (χ0) is 9.26. The molecular weight excluding hydrogens is 164 g/mol. The molecule has 0 radical (unpaired) electrons. The average Bonchev–Trinajstić information content (AvgIpc) is 2.17. The molecule has 3 nitrogen and oxygen atoms in total. The summed E-state index contributed by atoms with van der Waals surface area (Å²) in [6.07, 6.45) is 3.48. The number of rotatable bonds is 1. The predicted octanol–water partition coefficient (Wildman–Crippen LogP) is 1.98. The van der Waals surface area contributed by atoms with Crippen LogP contribution in [0.5, 0.6) is 5.75 Å². The quantitative estimate of drug-likeness (QED) is 0.650. The second-order valence-electron chi connectivity index (χ2n) is 2.84. The highest BCUT2D eigenvalue weighted by atomic mass is 16.3. The standard InChI is InChI=1S/C10H10N2O/c1-11-9-4-8-6-12-3-2-7(8)5-10(9)13/h2-6,11,13H,1H3. The van der Waals surface area contributed by atoms with E-state index in [1.807, 2.05) is 12.1 Å². The monoisotopic (exact) mass is 174 g/mol. The van der Waals surface area contributed by atoms with Crippen molar-refractivity contribution in [2.45, 2.75) is 0 Å². The molecule has 66 valence electrons. The lowest BCUT2D eigenvalue weighted by Crippen LogP contribution is -1.88. The van der Waals surface area contributed by atoms with Gasteiger partial charge in [-0.3, -0.25) is 4.98 Å². The van der Waals surface area contributed by atoms with Crippen LogP contribution in [0.4, 0.5) is 5.69 Å². The molecule has 0 aliphatic heterocycles. The van der Waals surface area contributed by atoms with Crippen LogP contribution in [-0.4, -0.2) is 17.1 Å². The number of nitrogens with one attached hydrogen (secondary N) is 1. The van der Waals surface area contributed by atoms with E-state index in [1.54, 1.807) is 25.5 Å². The minimum atomic E-state index is 0.265. The Morgan fingerprint density at radius 1 is 1.31 bits per heavy atom. The van der Waals surface area contributed by atoms with Crippen LogP contribution < -0.4 is 5.32 Å². The van der Waals surface area contributed by atoms with Crippen molar-refractivity contribution in [2.75, 3.05) is 12.4 Å². The molecule has 0 atom stereocenters. The van der Waals surface area contributed by atoms with E-state index in [-0.39, 0.29) is 5.75 Å². The van der Waals surface area contributed by atoms with E-state index in [0.717, 1.165) is 16.5 Å². The highest BCUT2D eigenvalue weighted by Gasteiger charge is 2.00. The fourth-order valence-electron chi connectivity index (χ4n) is 1.32. The van der Waals surface area contributed by atoms with Crippen LogP contribution in [0, 0.1) is 0 Å². The van der Waals surface area contributed by atoms with E-state index in [1.165, 1.54) is 0 Å². The van der Waals surface area contributed by atoms with Crippen LogP contribution in [0.3, 0.4) is 0 Å². The third-order valence-corrected chi connectivity index (χ3v) is 2.02. The van der Waals surface area contributed by atoms with Gasteiger partial charge in [0.05, 0.1) is 5.69 Å². The van der Waals surface area contributed by atoms with Crippen molar-refractivity contribution >= 4 is 16.5 Å². The summed E-state index contributed by atoms with van der Waals surface area (Å²) < 4.78 is 0. The van der Waals surface area contributed by atoms with Crippen molar-refractivity contribution in [1.29, 1.82) is 0 Å². The van der Waals surface area contributed by atoms with Crippen molar-refractivity contribution in [1.82, 2.24) is 4.98 Å². The van der Waals surface area contributed by atoms with Crippen molar-refractivity contribution in [3.05, 3.63) is 30.6 Å². The molecule has 13 heavy (non-hydrogen) atoms. The molecule has 0 bridgehead atoms. The van der Waals surface area contributed by atoms with Gasteiger partial charge in [0, 0.05) is 24.8 Å². The second kappa shape index (κ2) is 2.94. The summed E-state index contributed by atoms with van der Waals surface area (Å²) in [5, 5.41) is 14.4. The molecule has 0 saturated heterocycles. The summed E-state index contributed by atoms with van der Waals surface area (Å²) in [5.41, 5.74) is 0.723. The number of phenolic OH excluding ortho intramolecular Hbond substituents is 1. The molecule has 0 unspecified atom stereocenters. The van der Waals surface area contributed by atoms with Crippen molar-refractivity contribution in [3.8, 4) is 5.75 Å². The first-order chi connectivity index (χ1) is 6.31. The number of pyridine rings is 1. The van der Waals surface area contributed by atoms with E-state index >= 15 is 0 Å². The number of aromatic nitrogens is 1. The van der Waals surface area contributed by atoms with Crippen LogP contribution >= 0.6 is 0 Å². The maximum absolute atomic E-state index is 9.53. The Hall–Kier alpha value is -1.77. The highest BCUT2D eigenvalue weighted by molar-refractivity contribution is 5.87. The van der Waals surface area contributed by atoms with Gasteiger partial charge in [0.1, 0.15) is 5.75 Å². The van der Waals surface area contributed by atoms with Crippen molar-refractivity contribution in [3.63, 3.8) is 0 Å². The molecule has 2 rings (SSSR count). The number of nitrogens with zero attached hydrogens (tertiary/aromatic N) is 1. The molecular formula is C10H10N2O. The molecule has 0 fully saturated rings. The number of anilines is 1.